The number of nitrogens with zero attached hydrogens (tertiary/aromatic N) is 2. The second kappa shape index (κ2) is 9.75. The van der Waals surface area contributed by atoms with Crippen molar-refractivity contribution in [3.63, 3.8) is 0 Å². The molecule has 0 saturated heterocycles. The van der Waals surface area contributed by atoms with E-state index in [-0.39, 0.29) is 17.5 Å². The summed E-state index contributed by atoms with van der Waals surface area (Å²) in [5.41, 5.74) is 3.12. The summed E-state index contributed by atoms with van der Waals surface area (Å²) in [6.45, 7) is 2.16. The molecule has 1 aromatic heterocycles. The van der Waals surface area contributed by atoms with E-state index in [1.54, 1.807) is 0 Å². The van der Waals surface area contributed by atoms with Gasteiger partial charge in [-0.05, 0) is 30.5 Å². The standard InChI is InChI=1S/C21H20N4O4S/c1-14(26)22-12-2-3-15-4-6-16(7-5-15)19-13-30-21(23-19)24-20(27)17-8-10-18(11-9-17)25(28)29/h4-11,13H,2-3,12H2,1H3,(H,22,26)(H,23,24,27). The highest BCUT2D eigenvalue weighted by Crippen LogP contribution is 2.26. The molecule has 1 heterocycles. The Labute approximate surface area is 177 Å². The van der Waals surface area contributed by atoms with Crippen LogP contribution in [0.3, 0.4) is 0 Å². The first-order chi connectivity index (χ1) is 14.4. The van der Waals surface area contributed by atoms with Gasteiger partial charge in [0.1, 0.15) is 0 Å². The lowest BCUT2D eigenvalue weighted by atomic mass is 10.1. The lowest BCUT2D eigenvalue weighted by Gasteiger charge is -2.04. The Kier molecular flexibility index (Phi) is 6.87. The van der Waals surface area contributed by atoms with Crippen LogP contribution < -0.4 is 10.6 Å². The van der Waals surface area contributed by atoms with E-state index in [1.165, 1.54) is 48.1 Å². The maximum atomic E-state index is 12.3. The highest BCUT2D eigenvalue weighted by Gasteiger charge is 2.12. The third-order valence-corrected chi connectivity index (χ3v) is 5.09. The van der Waals surface area contributed by atoms with Crippen molar-refractivity contribution in [1.29, 1.82) is 0 Å². The van der Waals surface area contributed by atoms with Crippen LogP contribution in [-0.2, 0) is 11.2 Å². The average Bonchev–Trinajstić information content (AvgIpc) is 3.20. The van der Waals surface area contributed by atoms with E-state index in [0.717, 1.165) is 24.1 Å². The zero-order valence-electron chi connectivity index (χ0n) is 16.3. The molecule has 0 fully saturated rings. The number of carbonyl (C=O) groups is 2. The Balaban J connectivity index is 1.58. The quantitative estimate of drug-likeness (QED) is 0.322. The Hall–Kier alpha value is -3.59. The van der Waals surface area contributed by atoms with Crippen LogP contribution in [0.15, 0.2) is 53.9 Å². The van der Waals surface area contributed by atoms with Crippen molar-refractivity contribution in [1.82, 2.24) is 10.3 Å². The summed E-state index contributed by atoms with van der Waals surface area (Å²) < 4.78 is 0. The highest BCUT2D eigenvalue weighted by atomic mass is 32.1. The summed E-state index contributed by atoms with van der Waals surface area (Å²) in [7, 11) is 0. The summed E-state index contributed by atoms with van der Waals surface area (Å²) in [6, 6.07) is 13.4. The van der Waals surface area contributed by atoms with Crippen molar-refractivity contribution in [3.05, 3.63) is 75.2 Å². The Bertz CT molecular complexity index is 1050. The number of non-ortho nitro benzene ring substituents is 1. The number of aromatic nitrogens is 1. The van der Waals surface area contributed by atoms with Crippen LogP contribution in [0.25, 0.3) is 11.3 Å². The van der Waals surface area contributed by atoms with Crippen LogP contribution in [0.4, 0.5) is 10.8 Å². The molecule has 9 heteroatoms. The average molecular weight is 424 g/mol. The lowest BCUT2D eigenvalue weighted by Crippen LogP contribution is -2.21. The molecule has 30 heavy (non-hydrogen) atoms. The van der Waals surface area contributed by atoms with Crippen molar-refractivity contribution in [3.8, 4) is 11.3 Å². The Morgan fingerprint density at radius 2 is 1.80 bits per heavy atom. The first-order valence-electron chi connectivity index (χ1n) is 9.27. The largest absolute Gasteiger partial charge is 0.356 e. The minimum absolute atomic E-state index is 0.0228. The summed E-state index contributed by atoms with van der Waals surface area (Å²) in [6.07, 6.45) is 1.74. The fraction of sp³-hybridized carbons (Fsp3) is 0.190. The van der Waals surface area contributed by atoms with Gasteiger partial charge in [0.05, 0.1) is 10.6 Å². The normalized spacial score (nSPS) is 10.4. The summed E-state index contributed by atoms with van der Waals surface area (Å²) in [5, 5.41) is 18.5. The van der Waals surface area contributed by atoms with Crippen LogP contribution in [0.2, 0.25) is 0 Å². The minimum atomic E-state index is -0.511. The fourth-order valence-corrected chi connectivity index (χ4v) is 3.48. The minimum Gasteiger partial charge on any atom is -0.356 e. The van der Waals surface area contributed by atoms with Gasteiger partial charge < -0.3 is 5.32 Å². The molecule has 3 rings (SSSR count). The van der Waals surface area contributed by atoms with Gasteiger partial charge in [-0.15, -0.1) is 11.3 Å². The van der Waals surface area contributed by atoms with E-state index in [1.807, 2.05) is 29.6 Å². The zero-order chi connectivity index (χ0) is 21.5. The maximum absolute atomic E-state index is 12.3. The van der Waals surface area contributed by atoms with Gasteiger partial charge >= 0.3 is 0 Å². The van der Waals surface area contributed by atoms with Gasteiger partial charge in [0.15, 0.2) is 5.13 Å². The van der Waals surface area contributed by atoms with Gasteiger partial charge in [0, 0.05) is 42.1 Å². The number of aryl methyl sites for hydroxylation is 1. The van der Waals surface area contributed by atoms with Crippen molar-refractivity contribution < 1.29 is 14.5 Å². The van der Waals surface area contributed by atoms with Gasteiger partial charge in [-0.25, -0.2) is 4.98 Å². The molecule has 0 aliphatic rings. The molecule has 2 N–H and O–H groups in total. The second-order valence-electron chi connectivity index (χ2n) is 6.58. The number of amides is 2. The molecule has 0 aliphatic carbocycles. The molecule has 3 aromatic rings. The number of benzene rings is 2. The molecule has 154 valence electrons. The molecule has 0 radical (unpaired) electrons. The number of hydrogen-bond acceptors (Lipinski definition) is 6. The molecule has 0 spiro atoms. The van der Waals surface area contributed by atoms with Gasteiger partial charge in [0.25, 0.3) is 11.6 Å². The van der Waals surface area contributed by atoms with E-state index < -0.39 is 4.92 Å². The highest BCUT2D eigenvalue weighted by molar-refractivity contribution is 7.14. The molecule has 8 nitrogen and oxygen atoms in total. The van der Waals surface area contributed by atoms with Crippen molar-refractivity contribution >= 4 is 34.0 Å². The van der Waals surface area contributed by atoms with Crippen LogP contribution in [0.1, 0.15) is 29.3 Å². The predicted octanol–water partition coefficient (Wildman–Crippen LogP) is 4.04. The topological polar surface area (TPSA) is 114 Å². The molecule has 0 atom stereocenters. The summed E-state index contributed by atoms with van der Waals surface area (Å²) >= 11 is 1.31. The number of anilines is 1. The van der Waals surface area contributed by atoms with Crippen molar-refractivity contribution in [2.75, 3.05) is 11.9 Å². The molecule has 2 amide bonds. The summed E-state index contributed by atoms with van der Waals surface area (Å²) in [5.74, 6) is -0.398. The third-order valence-electron chi connectivity index (χ3n) is 4.33. The maximum Gasteiger partial charge on any atom is 0.269 e. The number of nitro groups is 1. The molecular formula is C21H20N4O4S. The number of nitrogens with one attached hydrogen (secondary N) is 2. The SMILES string of the molecule is CC(=O)NCCCc1ccc(-c2csc(NC(=O)c3ccc([N+](=O)[O-])cc3)n2)cc1. The number of carbonyl (C=O) groups excluding carboxylic acids is 2. The molecule has 2 aromatic carbocycles. The van der Waals surface area contributed by atoms with Crippen LogP contribution in [0.5, 0.6) is 0 Å². The van der Waals surface area contributed by atoms with E-state index >= 15 is 0 Å². The van der Waals surface area contributed by atoms with Crippen LogP contribution in [0, 0.1) is 10.1 Å². The molecule has 0 unspecified atom stereocenters. The molecular weight excluding hydrogens is 404 g/mol. The number of rotatable bonds is 8. The van der Waals surface area contributed by atoms with Crippen molar-refractivity contribution in [2.45, 2.75) is 19.8 Å². The fourth-order valence-electron chi connectivity index (χ4n) is 2.77. The molecule has 0 saturated carbocycles. The molecule has 0 bridgehead atoms. The van der Waals surface area contributed by atoms with Gasteiger partial charge in [-0.1, -0.05) is 24.3 Å². The van der Waals surface area contributed by atoms with Gasteiger partial charge in [-0.2, -0.15) is 0 Å². The third kappa shape index (κ3) is 5.71. The van der Waals surface area contributed by atoms with E-state index in [2.05, 4.69) is 15.6 Å². The first kappa shape index (κ1) is 21.1. The lowest BCUT2D eigenvalue weighted by molar-refractivity contribution is -0.384. The van der Waals surface area contributed by atoms with E-state index in [9.17, 15) is 19.7 Å². The number of nitro benzene ring substituents is 1. The van der Waals surface area contributed by atoms with E-state index in [0.29, 0.717) is 17.2 Å². The smallest absolute Gasteiger partial charge is 0.269 e. The second-order valence-corrected chi connectivity index (χ2v) is 7.44. The van der Waals surface area contributed by atoms with Crippen molar-refractivity contribution in [2.24, 2.45) is 0 Å². The summed E-state index contributed by atoms with van der Waals surface area (Å²) in [4.78, 5) is 37.8. The van der Waals surface area contributed by atoms with Crippen LogP contribution >= 0.6 is 11.3 Å². The van der Waals surface area contributed by atoms with Crippen LogP contribution in [-0.4, -0.2) is 28.3 Å². The Morgan fingerprint density at radius 1 is 1.10 bits per heavy atom. The van der Waals surface area contributed by atoms with Gasteiger partial charge in [-0.3, -0.25) is 25.0 Å². The first-order valence-corrected chi connectivity index (χ1v) is 10.2. The Morgan fingerprint density at radius 3 is 2.43 bits per heavy atom. The number of thiazole rings is 1. The number of hydrogen-bond donors (Lipinski definition) is 2. The monoisotopic (exact) mass is 424 g/mol. The van der Waals surface area contributed by atoms with Gasteiger partial charge in [0.2, 0.25) is 5.91 Å². The molecule has 0 aliphatic heterocycles. The van der Waals surface area contributed by atoms with E-state index in [4.69, 9.17) is 0 Å². The predicted molar refractivity (Wildman–Crippen MR) is 116 cm³/mol. The zero-order valence-corrected chi connectivity index (χ0v) is 17.1.